The van der Waals surface area contributed by atoms with Crippen LogP contribution in [-0.4, -0.2) is 24.4 Å². The fourth-order valence-corrected chi connectivity index (χ4v) is 1.95. The van der Waals surface area contributed by atoms with Crippen LogP contribution in [0, 0.1) is 5.82 Å². The molecule has 0 fully saturated rings. The maximum absolute atomic E-state index is 13.2. The Morgan fingerprint density at radius 1 is 1.50 bits per heavy atom. The van der Waals surface area contributed by atoms with Gasteiger partial charge < -0.3 is 10.1 Å². The molecule has 1 amide bonds. The lowest BCUT2D eigenvalue weighted by Crippen LogP contribution is -2.43. The molecule has 0 aliphatic heterocycles. The zero-order chi connectivity index (χ0) is 13.8. The summed E-state index contributed by atoms with van der Waals surface area (Å²) in [6.45, 7) is 3.77. The van der Waals surface area contributed by atoms with E-state index in [1.807, 2.05) is 13.8 Å². The molecule has 0 aliphatic carbocycles. The van der Waals surface area contributed by atoms with Crippen molar-refractivity contribution in [3.05, 3.63) is 29.6 Å². The highest BCUT2D eigenvalue weighted by atomic mass is 35.5. The smallest absolute Gasteiger partial charge is 0.251 e. The van der Waals surface area contributed by atoms with Gasteiger partial charge in [0.05, 0.1) is 7.11 Å². The van der Waals surface area contributed by atoms with Gasteiger partial charge in [0.2, 0.25) is 0 Å². The minimum Gasteiger partial charge on any atom is -0.494 e. The van der Waals surface area contributed by atoms with Crippen molar-refractivity contribution in [2.24, 2.45) is 0 Å². The summed E-state index contributed by atoms with van der Waals surface area (Å²) in [6, 6.07) is 4.01. The number of rotatable bonds is 5. The number of methoxy groups -OCH3 is 1. The largest absolute Gasteiger partial charge is 0.494 e. The fourth-order valence-electron chi connectivity index (χ4n) is 1.48. The van der Waals surface area contributed by atoms with E-state index in [0.717, 1.165) is 0 Å². The molecule has 0 saturated carbocycles. The van der Waals surface area contributed by atoms with Gasteiger partial charge in [-0.15, -0.1) is 11.6 Å². The fraction of sp³-hybridized carbons (Fsp3) is 0.462. The molecule has 0 bridgehead atoms. The van der Waals surface area contributed by atoms with Crippen molar-refractivity contribution in [2.75, 3.05) is 13.0 Å². The predicted molar refractivity (Wildman–Crippen MR) is 69.8 cm³/mol. The summed E-state index contributed by atoms with van der Waals surface area (Å²) in [4.78, 5) is 12.0. The van der Waals surface area contributed by atoms with E-state index in [4.69, 9.17) is 16.3 Å². The average molecular weight is 274 g/mol. The van der Waals surface area contributed by atoms with Gasteiger partial charge >= 0.3 is 0 Å². The molecule has 1 aromatic rings. The standard InChI is InChI=1S/C13H17ClFNO2/c1-13(2,6-7-14)16-12(17)9-4-5-10(15)11(8-9)18-3/h4-5,8H,6-7H2,1-3H3,(H,16,17). The summed E-state index contributed by atoms with van der Waals surface area (Å²) in [6.07, 6.45) is 0.651. The highest BCUT2D eigenvalue weighted by Gasteiger charge is 2.21. The molecule has 0 unspecified atom stereocenters. The normalized spacial score (nSPS) is 11.2. The van der Waals surface area contributed by atoms with E-state index in [1.54, 1.807) is 0 Å². The molecular weight excluding hydrogens is 257 g/mol. The highest BCUT2D eigenvalue weighted by Crippen LogP contribution is 2.19. The number of carbonyl (C=O) groups is 1. The lowest BCUT2D eigenvalue weighted by atomic mass is 10.0. The molecule has 0 heterocycles. The molecule has 0 spiro atoms. The molecule has 100 valence electrons. The van der Waals surface area contributed by atoms with Crippen molar-refractivity contribution in [3.63, 3.8) is 0 Å². The lowest BCUT2D eigenvalue weighted by molar-refractivity contribution is 0.0911. The van der Waals surface area contributed by atoms with Gasteiger partial charge in [-0.05, 0) is 38.5 Å². The number of hydrogen-bond donors (Lipinski definition) is 1. The van der Waals surface area contributed by atoms with Crippen molar-refractivity contribution in [2.45, 2.75) is 25.8 Å². The van der Waals surface area contributed by atoms with Gasteiger partial charge in [0.25, 0.3) is 5.91 Å². The number of amides is 1. The van der Waals surface area contributed by atoms with Gasteiger partial charge in [-0.3, -0.25) is 4.79 Å². The molecular formula is C13H17ClFNO2. The average Bonchev–Trinajstić information content (AvgIpc) is 2.28. The quantitative estimate of drug-likeness (QED) is 0.838. The van der Waals surface area contributed by atoms with Crippen LogP contribution in [0.5, 0.6) is 5.75 Å². The zero-order valence-corrected chi connectivity index (χ0v) is 11.5. The van der Waals surface area contributed by atoms with E-state index >= 15 is 0 Å². The second-order valence-electron chi connectivity index (χ2n) is 4.63. The third-order valence-corrected chi connectivity index (χ3v) is 2.77. The van der Waals surface area contributed by atoms with Gasteiger partial charge in [-0.1, -0.05) is 0 Å². The Balaban J connectivity index is 2.85. The topological polar surface area (TPSA) is 38.3 Å². The number of alkyl halides is 1. The van der Waals surface area contributed by atoms with Crippen LogP contribution in [0.4, 0.5) is 4.39 Å². The van der Waals surface area contributed by atoms with E-state index in [9.17, 15) is 9.18 Å². The molecule has 3 nitrogen and oxygen atoms in total. The molecule has 18 heavy (non-hydrogen) atoms. The van der Waals surface area contributed by atoms with Crippen LogP contribution in [0.2, 0.25) is 0 Å². The summed E-state index contributed by atoms with van der Waals surface area (Å²) in [7, 11) is 1.36. The molecule has 5 heteroatoms. The first-order valence-electron chi connectivity index (χ1n) is 5.61. The maximum atomic E-state index is 13.2. The summed E-state index contributed by atoms with van der Waals surface area (Å²) >= 11 is 5.66. The Kier molecular flexibility index (Phi) is 4.96. The molecule has 0 radical (unpaired) electrons. The first-order valence-corrected chi connectivity index (χ1v) is 6.15. The second-order valence-corrected chi connectivity index (χ2v) is 5.00. The van der Waals surface area contributed by atoms with Crippen LogP contribution >= 0.6 is 11.6 Å². The monoisotopic (exact) mass is 273 g/mol. The Labute approximate surface area is 111 Å². The SMILES string of the molecule is COc1cc(C(=O)NC(C)(C)CCCl)ccc1F. The van der Waals surface area contributed by atoms with Crippen LogP contribution < -0.4 is 10.1 Å². The summed E-state index contributed by atoms with van der Waals surface area (Å²) in [5.74, 6) is -0.254. The minimum absolute atomic E-state index is 0.0535. The Hall–Kier alpha value is -1.29. The Morgan fingerprint density at radius 3 is 2.72 bits per heavy atom. The predicted octanol–water partition coefficient (Wildman–Crippen LogP) is 2.97. The first-order chi connectivity index (χ1) is 8.39. The van der Waals surface area contributed by atoms with E-state index < -0.39 is 11.4 Å². The van der Waals surface area contributed by atoms with Gasteiger partial charge in [0.15, 0.2) is 11.6 Å². The van der Waals surface area contributed by atoms with Crippen LogP contribution in [-0.2, 0) is 0 Å². The van der Waals surface area contributed by atoms with E-state index in [2.05, 4.69) is 5.32 Å². The molecule has 1 rings (SSSR count). The first kappa shape index (κ1) is 14.8. The third-order valence-electron chi connectivity index (χ3n) is 2.58. The number of nitrogens with one attached hydrogen (secondary N) is 1. The number of hydrogen-bond acceptors (Lipinski definition) is 2. The van der Waals surface area contributed by atoms with Crippen molar-refractivity contribution in [3.8, 4) is 5.75 Å². The number of benzene rings is 1. The lowest BCUT2D eigenvalue weighted by Gasteiger charge is -2.25. The van der Waals surface area contributed by atoms with Crippen molar-refractivity contribution < 1.29 is 13.9 Å². The number of carbonyl (C=O) groups excluding carboxylic acids is 1. The number of ether oxygens (including phenoxy) is 1. The van der Waals surface area contributed by atoms with Crippen molar-refractivity contribution in [1.82, 2.24) is 5.32 Å². The minimum atomic E-state index is -0.492. The van der Waals surface area contributed by atoms with Crippen molar-refractivity contribution in [1.29, 1.82) is 0 Å². The van der Waals surface area contributed by atoms with E-state index in [1.165, 1.54) is 25.3 Å². The summed E-state index contributed by atoms with van der Waals surface area (Å²) < 4.78 is 18.1. The van der Waals surface area contributed by atoms with E-state index in [-0.39, 0.29) is 11.7 Å². The van der Waals surface area contributed by atoms with Crippen LogP contribution in [0.25, 0.3) is 0 Å². The summed E-state index contributed by atoms with van der Waals surface area (Å²) in [5.41, 5.74) is -0.0450. The molecule has 0 saturated heterocycles. The Morgan fingerprint density at radius 2 is 2.17 bits per heavy atom. The van der Waals surface area contributed by atoms with Crippen LogP contribution in [0.1, 0.15) is 30.6 Å². The number of halogens is 2. The molecule has 1 aromatic carbocycles. The highest BCUT2D eigenvalue weighted by molar-refractivity contribution is 6.17. The molecule has 0 atom stereocenters. The van der Waals surface area contributed by atoms with E-state index in [0.29, 0.717) is 17.9 Å². The van der Waals surface area contributed by atoms with Crippen LogP contribution in [0.3, 0.4) is 0 Å². The summed E-state index contributed by atoms with van der Waals surface area (Å²) in [5, 5.41) is 2.84. The molecule has 1 N–H and O–H groups in total. The Bertz CT molecular complexity index is 435. The molecule has 0 aromatic heterocycles. The molecule has 0 aliphatic rings. The van der Waals surface area contributed by atoms with Gasteiger partial charge in [0, 0.05) is 17.0 Å². The van der Waals surface area contributed by atoms with Gasteiger partial charge in [-0.25, -0.2) is 4.39 Å². The van der Waals surface area contributed by atoms with Crippen molar-refractivity contribution >= 4 is 17.5 Å². The van der Waals surface area contributed by atoms with Gasteiger partial charge in [0.1, 0.15) is 0 Å². The van der Waals surface area contributed by atoms with Gasteiger partial charge in [-0.2, -0.15) is 0 Å². The maximum Gasteiger partial charge on any atom is 0.251 e. The third kappa shape index (κ3) is 3.88. The van der Waals surface area contributed by atoms with Crippen LogP contribution in [0.15, 0.2) is 18.2 Å². The second kappa shape index (κ2) is 6.05. The zero-order valence-electron chi connectivity index (χ0n) is 10.7.